The molecule has 3 rings (SSSR count). The zero-order valence-electron chi connectivity index (χ0n) is 15.9. The van der Waals surface area contributed by atoms with Crippen molar-refractivity contribution in [2.45, 2.75) is 38.3 Å². The van der Waals surface area contributed by atoms with Gasteiger partial charge in [-0.05, 0) is 25.8 Å². The van der Waals surface area contributed by atoms with Gasteiger partial charge >= 0.3 is 5.97 Å². The number of fused-ring (bicyclic) bond motifs is 1. The third kappa shape index (κ3) is 3.78. The Kier molecular flexibility index (Phi) is 5.70. The summed E-state index contributed by atoms with van der Waals surface area (Å²) in [4.78, 5) is 32.9. The van der Waals surface area contributed by atoms with Crippen LogP contribution < -0.4 is 10.9 Å². The summed E-state index contributed by atoms with van der Waals surface area (Å²) in [6, 6.07) is 7.80. The lowest BCUT2D eigenvalue weighted by Crippen LogP contribution is -2.31. The van der Waals surface area contributed by atoms with Crippen LogP contribution in [0.1, 0.15) is 42.9 Å². The van der Waals surface area contributed by atoms with E-state index >= 15 is 0 Å². The number of H-pyrrole nitrogens is 1. The second-order valence-corrected chi connectivity index (χ2v) is 7.56. The number of aryl methyl sites for hydroxylation is 1. The van der Waals surface area contributed by atoms with Gasteiger partial charge in [-0.25, -0.2) is 9.78 Å². The highest BCUT2D eigenvalue weighted by molar-refractivity contribution is 7.99. The lowest BCUT2D eigenvalue weighted by Gasteiger charge is -2.28. The Hall–Kier alpha value is -2.54. The van der Waals surface area contributed by atoms with Gasteiger partial charge in [0.2, 0.25) is 0 Å². The molecule has 0 aliphatic carbocycles. The molecule has 0 spiro atoms. The highest BCUT2D eigenvalue weighted by Gasteiger charge is 2.36. The first kappa shape index (κ1) is 19.2. The van der Waals surface area contributed by atoms with Gasteiger partial charge in [0.25, 0.3) is 5.56 Å². The number of esters is 1. The maximum Gasteiger partial charge on any atom is 0.336 e. The quantitative estimate of drug-likeness (QED) is 0.465. The average molecular weight is 385 g/mol. The fraction of sp³-hybridized carbons (Fsp3) is 0.350. The molecule has 6 nitrogen and oxygen atoms in total. The molecule has 1 atom stereocenters. The number of aromatic amines is 1. The number of hydrogen-bond donors (Lipinski definition) is 2. The van der Waals surface area contributed by atoms with E-state index < -0.39 is 11.9 Å². The summed E-state index contributed by atoms with van der Waals surface area (Å²) >= 11 is 1.50. The Morgan fingerprint density at radius 2 is 1.96 bits per heavy atom. The van der Waals surface area contributed by atoms with Crippen molar-refractivity contribution in [1.82, 2.24) is 9.97 Å². The number of benzene rings is 1. The molecule has 2 N–H and O–H groups in total. The van der Waals surface area contributed by atoms with Gasteiger partial charge in [-0.1, -0.05) is 48.5 Å². The molecule has 142 valence electrons. The van der Waals surface area contributed by atoms with E-state index in [2.05, 4.69) is 22.2 Å². The number of rotatable bonds is 5. The Balaban J connectivity index is 2.19. The minimum atomic E-state index is -0.532. The van der Waals surface area contributed by atoms with Gasteiger partial charge in [0.1, 0.15) is 5.82 Å². The van der Waals surface area contributed by atoms with Crippen LogP contribution in [0, 0.1) is 6.92 Å². The lowest BCUT2D eigenvalue weighted by molar-refractivity contribution is -0.136. The smallest absolute Gasteiger partial charge is 0.336 e. The van der Waals surface area contributed by atoms with Gasteiger partial charge in [-0.2, -0.15) is 0 Å². The number of thioether (sulfide) groups is 1. The van der Waals surface area contributed by atoms with Gasteiger partial charge < -0.3 is 15.0 Å². The number of ether oxygens (including phenoxy) is 1. The van der Waals surface area contributed by atoms with Crippen LogP contribution in [-0.2, 0) is 9.53 Å². The van der Waals surface area contributed by atoms with Crippen LogP contribution in [0.25, 0.3) is 0 Å². The summed E-state index contributed by atoms with van der Waals surface area (Å²) in [5.74, 6) is 0.370. The molecule has 1 aromatic heterocycles. The minimum Gasteiger partial charge on any atom is -0.466 e. The topological polar surface area (TPSA) is 84.1 Å². The molecule has 0 saturated carbocycles. The van der Waals surface area contributed by atoms with Crippen molar-refractivity contribution in [3.05, 3.63) is 62.6 Å². The highest BCUT2D eigenvalue weighted by atomic mass is 32.2. The fourth-order valence-corrected chi connectivity index (χ4v) is 3.89. The number of nitrogens with zero attached hydrogens (tertiary/aromatic N) is 1. The summed E-state index contributed by atoms with van der Waals surface area (Å²) < 4.78 is 4.99. The first-order valence-corrected chi connectivity index (χ1v) is 9.84. The van der Waals surface area contributed by atoms with Gasteiger partial charge in [0, 0.05) is 11.4 Å². The molecule has 1 aliphatic rings. The standard InChI is InChI=1S/C20H23N3O3S/c1-5-10-27-20-22-17-16(18(24)23-20)15(13-8-6-11(2)7-9-13)14(12(3)21-17)19(25)26-4/h6-9,15H,5,10H2,1-4H3,(H2,21,22,23,24). The van der Waals surface area contributed by atoms with Crippen molar-refractivity contribution in [1.29, 1.82) is 0 Å². The van der Waals surface area contributed by atoms with Crippen molar-refractivity contribution in [3.8, 4) is 0 Å². The monoisotopic (exact) mass is 385 g/mol. The molecule has 0 amide bonds. The molecule has 2 aromatic rings. The SMILES string of the molecule is CCCSc1nc2c(c(=O)[nH]1)C(c1ccc(C)cc1)C(C(=O)OC)=C(C)N2. The van der Waals surface area contributed by atoms with Crippen LogP contribution in [0.3, 0.4) is 0 Å². The van der Waals surface area contributed by atoms with Gasteiger partial charge in [-0.15, -0.1) is 0 Å². The number of methoxy groups -OCH3 is 1. The maximum atomic E-state index is 12.9. The van der Waals surface area contributed by atoms with Gasteiger partial charge in [-0.3, -0.25) is 4.79 Å². The highest BCUT2D eigenvalue weighted by Crippen LogP contribution is 2.40. The van der Waals surface area contributed by atoms with Crippen molar-refractivity contribution in [2.24, 2.45) is 0 Å². The summed E-state index contributed by atoms with van der Waals surface area (Å²) in [5.41, 5.74) is 3.21. The Morgan fingerprint density at radius 1 is 1.26 bits per heavy atom. The second-order valence-electron chi connectivity index (χ2n) is 6.48. The van der Waals surface area contributed by atoms with E-state index in [1.165, 1.54) is 18.9 Å². The number of allylic oxidation sites excluding steroid dienone is 1. The first-order valence-electron chi connectivity index (χ1n) is 8.86. The number of carbonyl (C=O) groups is 1. The normalized spacial score (nSPS) is 15.9. The molecule has 0 fully saturated rings. The zero-order valence-corrected chi connectivity index (χ0v) is 16.7. The van der Waals surface area contributed by atoms with E-state index in [9.17, 15) is 9.59 Å². The minimum absolute atomic E-state index is 0.245. The van der Waals surface area contributed by atoms with Crippen LogP contribution in [0.5, 0.6) is 0 Å². The molecule has 0 radical (unpaired) electrons. The van der Waals surface area contributed by atoms with Crippen molar-refractivity contribution >= 4 is 23.5 Å². The number of anilines is 1. The molecular formula is C20H23N3O3S. The summed E-state index contributed by atoms with van der Waals surface area (Å²) in [6.07, 6.45) is 0.982. The summed E-state index contributed by atoms with van der Waals surface area (Å²) in [5, 5.41) is 3.70. The maximum absolute atomic E-state index is 12.9. The van der Waals surface area contributed by atoms with E-state index in [0.29, 0.717) is 27.8 Å². The number of carbonyl (C=O) groups excluding carboxylic acids is 1. The largest absolute Gasteiger partial charge is 0.466 e. The Morgan fingerprint density at radius 3 is 2.59 bits per heavy atom. The predicted octanol–water partition coefficient (Wildman–Crippen LogP) is 3.58. The van der Waals surface area contributed by atoms with E-state index in [1.54, 1.807) is 6.92 Å². The predicted molar refractivity (Wildman–Crippen MR) is 107 cm³/mol. The van der Waals surface area contributed by atoms with Crippen LogP contribution >= 0.6 is 11.8 Å². The lowest BCUT2D eigenvalue weighted by atomic mass is 9.82. The molecule has 2 heterocycles. The third-order valence-corrected chi connectivity index (χ3v) is 5.56. The second kappa shape index (κ2) is 8.00. The summed E-state index contributed by atoms with van der Waals surface area (Å²) in [7, 11) is 1.34. The van der Waals surface area contributed by atoms with Crippen LogP contribution in [-0.4, -0.2) is 28.8 Å². The fourth-order valence-electron chi connectivity index (χ4n) is 3.17. The van der Waals surface area contributed by atoms with E-state index in [4.69, 9.17) is 4.74 Å². The van der Waals surface area contributed by atoms with Crippen LogP contribution in [0.15, 0.2) is 45.5 Å². The van der Waals surface area contributed by atoms with Crippen LogP contribution in [0.4, 0.5) is 5.82 Å². The molecule has 27 heavy (non-hydrogen) atoms. The zero-order chi connectivity index (χ0) is 19.6. The van der Waals surface area contributed by atoms with E-state index in [-0.39, 0.29) is 5.56 Å². The van der Waals surface area contributed by atoms with Gasteiger partial charge in [0.15, 0.2) is 5.16 Å². The van der Waals surface area contributed by atoms with Crippen molar-refractivity contribution in [2.75, 3.05) is 18.2 Å². The number of hydrogen-bond acceptors (Lipinski definition) is 6. The van der Waals surface area contributed by atoms with Crippen molar-refractivity contribution < 1.29 is 9.53 Å². The number of nitrogens with one attached hydrogen (secondary N) is 2. The molecule has 0 saturated heterocycles. The summed E-state index contributed by atoms with van der Waals surface area (Å²) in [6.45, 7) is 5.87. The van der Waals surface area contributed by atoms with E-state index in [0.717, 1.165) is 23.3 Å². The molecular weight excluding hydrogens is 362 g/mol. The number of aromatic nitrogens is 2. The third-order valence-electron chi connectivity index (χ3n) is 4.48. The van der Waals surface area contributed by atoms with Crippen LogP contribution in [0.2, 0.25) is 0 Å². The molecule has 0 bridgehead atoms. The molecule has 7 heteroatoms. The average Bonchev–Trinajstić information content (AvgIpc) is 2.65. The Bertz CT molecular complexity index is 948. The van der Waals surface area contributed by atoms with Gasteiger partial charge in [0.05, 0.1) is 24.2 Å². The first-order chi connectivity index (χ1) is 13.0. The molecule has 1 aliphatic heterocycles. The van der Waals surface area contributed by atoms with Crippen molar-refractivity contribution in [3.63, 3.8) is 0 Å². The molecule has 1 aromatic carbocycles. The van der Waals surface area contributed by atoms with E-state index in [1.807, 2.05) is 31.2 Å². The molecule has 1 unspecified atom stereocenters. The Labute approximate surface area is 162 Å².